The van der Waals surface area contributed by atoms with Crippen LogP contribution in [0.5, 0.6) is 0 Å². The van der Waals surface area contributed by atoms with E-state index in [9.17, 15) is 4.79 Å². The van der Waals surface area contributed by atoms with E-state index in [1.54, 1.807) is 5.37 Å². The van der Waals surface area contributed by atoms with Crippen molar-refractivity contribution in [3.63, 3.8) is 0 Å². The summed E-state index contributed by atoms with van der Waals surface area (Å²) in [7, 11) is 0. The normalized spacial score (nSPS) is 15.3. The molecule has 118 valence electrons. The SMILES string of the molecule is O=C(c1ccc(C=S)cc1)c1cccc(CN2CCSCC2)c1. The van der Waals surface area contributed by atoms with Gasteiger partial charge in [0.05, 0.1) is 0 Å². The standard InChI is InChI=1S/C19H19NOS2/c21-19(17-6-4-15(14-22)5-7-17)18-3-1-2-16(12-18)13-20-8-10-23-11-9-20/h1-7,12,14H,8-11,13H2. The lowest BCUT2D eigenvalue weighted by atomic mass is 10.0. The molecule has 0 amide bonds. The van der Waals surface area contributed by atoms with Gasteiger partial charge >= 0.3 is 0 Å². The zero-order valence-corrected chi connectivity index (χ0v) is 14.5. The Balaban J connectivity index is 1.75. The van der Waals surface area contributed by atoms with E-state index in [0.717, 1.165) is 30.8 Å². The van der Waals surface area contributed by atoms with Crippen LogP contribution in [0.3, 0.4) is 0 Å². The second-order valence-corrected chi connectivity index (χ2v) is 7.12. The number of hydrogen-bond donors (Lipinski definition) is 0. The molecule has 1 fully saturated rings. The van der Waals surface area contributed by atoms with Crippen LogP contribution in [0.2, 0.25) is 0 Å². The smallest absolute Gasteiger partial charge is 0.193 e. The highest BCUT2D eigenvalue weighted by molar-refractivity contribution is 7.99. The molecule has 1 aliphatic heterocycles. The lowest BCUT2D eigenvalue weighted by Crippen LogP contribution is -2.31. The van der Waals surface area contributed by atoms with Crippen LogP contribution in [-0.4, -0.2) is 40.6 Å². The Morgan fingerprint density at radius 3 is 2.52 bits per heavy atom. The molecule has 0 atom stereocenters. The van der Waals surface area contributed by atoms with Gasteiger partial charge in [0, 0.05) is 47.6 Å². The molecule has 2 aromatic rings. The predicted octanol–water partition coefficient (Wildman–Crippen LogP) is 3.81. The van der Waals surface area contributed by atoms with Crippen molar-refractivity contribution >= 4 is 35.1 Å². The predicted molar refractivity (Wildman–Crippen MR) is 102 cm³/mol. The maximum absolute atomic E-state index is 12.6. The number of thioether (sulfide) groups is 1. The number of carbonyl (C=O) groups is 1. The Hall–Kier alpha value is -1.49. The topological polar surface area (TPSA) is 20.3 Å². The first kappa shape index (κ1) is 16.4. The molecule has 0 unspecified atom stereocenters. The Bertz CT molecular complexity index is 691. The maximum atomic E-state index is 12.6. The lowest BCUT2D eigenvalue weighted by Gasteiger charge is -2.26. The Morgan fingerprint density at radius 2 is 1.83 bits per heavy atom. The second kappa shape index (κ2) is 7.86. The fourth-order valence-corrected chi connectivity index (χ4v) is 3.84. The third-order valence-electron chi connectivity index (χ3n) is 4.01. The molecule has 4 heteroatoms. The number of carbonyl (C=O) groups excluding carboxylic acids is 1. The number of thiocarbonyl (C=S) groups is 1. The summed E-state index contributed by atoms with van der Waals surface area (Å²) in [4.78, 5) is 15.1. The number of hydrogen-bond acceptors (Lipinski definition) is 4. The minimum absolute atomic E-state index is 0.0666. The molecule has 1 aliphatic rings. The van der Waals surface area contributed by atoms with Crippen LogP contribution in [-0.2, 0) is 6.54 Å². The van der Waals surface area contributed by atoms with Crippen LogP contribution < -0.4 is 0 Å². The van der Waals surface area contributed by atoms with E-state index < -0.39 is 0 Å². The van der Waals surface area contributed by atoms with E-state index >= 15 is 0 Å². The van der Waals surface area contributed by atoms with Gasteiger partial charge in [-0.05, 0) is 17.2 Å². The number of nitrogens with zero attached hydrogens (tertiary/aromatic N) is 1. The number of ketones is 1. The quantitative estimate of drug-likeness (QED) is 0.608. The van der Waals surface area contributed by atoms with Crippen LogP contribution in [0.25, 0.3) is 0 Å². The van der Waals surface area contributed by atoms with Crippen LogP contribution >= 0.6 is 24.0 Å². The molecule has 0 aromatic heterocycles. The van der Waals surface area contributed by atoms with Gasteiger partial charge in [-0.3, -0.25) is 9.69 Å². The lowest BCUT2D eigenvalue weighted by molar-refractivity contribution is 0.103. The molecule has 0 aliphatic carbocycles. The van der Waals surface area contributed by atoms with E-state index in [1.807, 2.05) is 54.2 Å². The number of rotatable bonds is 5. The minimum atomic E-state index is 0.0666. The maximum Gasteiger partial charge on any atom is 0.193 e. The molecular formula is C19H19NOS2. The average Bonchev–Trinajstić information content (AvgIpc) is 2.62. The fraction of sp³-hybridized carbons (Fsp3) is 0.263. The third kappa shape index (κ3) is 4.28. The second-order valence-electron chi connectivity index (χ2n) is 5.66. The summed E-state index contributed by atoms with van der Waals surface area (Å²) in [6.45, 7) is 3.18. The minimum Gasteiger partial charge on any atom is -0.297 e. The largest absolute Gasteiger partial charge is 0.297 e. The Labute approximate surface area is 146 Å². The van der Waals surface area contributed by atoms with E-state index in [0.29, 0.717) is 5.56 Å². The first-order chi connectivity index (χ1) is 11.3. The van der Waals surface area contributed by atoms with E-state index in [4.69, 9.17) is 12.2 Å². The molecule has 0 N–H and O–H groups in total. The zero-order valence-electron chi connectivity index (χ0n) is 12.9. The molecule has 2 nitrogen and oxygen atoms in total. The van der Waals surface area contributed by atoms with Crippen molar-refractivity contribution in [3.05, 3.63) is 70.8 Å². The van der Waals surface area contributed by atoms with Crippen molar-refractivity contribution in [2.45, 2.75) is 6.54 Å². The van der Waals surface area contributed by atoms with Crippen molar-refractivity contribution in [1.82, 2.24) is 4.90 Å². The van der Waals surface area contributed by atoms with Gasteiger partial charge < -0.3 is 0 Å². The molecule has 1 saturated heterocycles. The summed E-state index contributed by atoms with van der Waals surface area (Å²) in [5.74, 6) is 2.47. The van der Waals surface area contributed by atoms with Gasteiger partial charge in [0.2, 0.25) is 0 Å². The van der Waals surface area contributed by atoms with Crippen LogP contribution in [0.15, 0.2) is 48.5 Å². The highest BCUT2D eigenvalue weighted by Gasteiger charge is 2.13. The van der Waals surface area contributed by atoms with Gasteiger partial charge in [-0.15, -0.1) is 0 Å². The van der Waals surface area contributed by atoms with Gasteiger partial charge in [0.25, 0.3) is 0 Å². The van der Waals surface area contributed by atoms with Crippen LogP contribution in [0.4, 0.5) is 0 Å². The van der Waals surface area contributed by atoms with Crippen molar-refractivity contribution in [2.24, 2.45) is 0 Å². The summed E-state index contributed by atoms with van der Waals surface area (Å²) in [6, 6.07) is 15.5. The summed E-state index contributed by atoms with van der Waals surface area (Å²) in [5, 5.41) is 1.62. The van der Waals surface area contributed by atoms with Crippen molar-refractivity contribution in [3.8, 4) is 0 Å². The third-order valence-corrected chi connectivity index (χ3v) is 5.22. The summed E-state index contributed by atoms with van der Waals surface area (Å²) in [5.41, 5.74) is 3.62. The van der Waals surface area contributed by atoms with E-state index in [2.05, 4.69) is 11.0 Å². The molecule has 0 saturated carbocycles. The summed E-state index contributed by atoms with van der Waals surface area (Å²) < 4.78 is 0. The molecule has 0 spiro atoms. The highest BCUT2D eigenvalue weighted by Crippen LogP contribution is 2.16. The van der Waals surface area contributed by atoms with Gasteiger partial charge in [-0.1, -0.05) is 54.7 Å². The Morgan fingerprint density at radius 1 is 1.09 bits per heavy atom. The van der Waals surface area contributed by atoms with Crippen molar-refractivity contribution in [2.75, 3.05) is 24.6 Å². The first-order valence-electron chi connectivity index (χ1n) is 7.75. The van der Waals surface area contributed by atoms with Gasteiger partial charge in [-0.25, -0.2) is 0 Å². The molecular weight excluding hydrogens is 322 g/mol. The summed E-state index contributed by atoms with van der Waals surface area (Å²) in [6.07, 6.45) is 0. The van der Waals surface area contributed by atoms with E-state index in [1.165, 1.54) is 17.1 Å². The zero-order chi connectivity index (χ0) is 16.1. The van der Waals surface area contributed by atoms with Crippen molar-refractivity contribution in [1.29, 1.82) is 0 Å². The first-order valence-corrected chi connectivity index (χ1v) is 9.38. The van der Waals surface area contributed by atoms with E-state index in [-0.39, 0.29) is 5.78 Å². The van der Waals surface area contributed by atoms with Crippen molar-refractivity contribution < 1.29 is 4.79 Å². The number of benzene rings is 2. The van der Waals surface area contributed by atoms with Crippen LogP contribution in [0.1, 0.15) is 27.0 Å². The van der Waals surface area contributed by atoms with Gasteiger partial charge in [0.1, 0.15) is 0 Å². The van der Waals surface area contributed by atoms with Crippen LogP contribution in [0, 0.1) is 0 Å². The molecule has 0 bridgehead atoms. The molecule has 3 rings (SSSR count). The molecule has 23 heavy (non-hydrogen) atoms. The monoisotopic (exact) mass is 341 g/mol. The molecule has 1 heterocycles. The fourth-order valence-electron chi connectivity index (χ4n) is 2.71. The average molecular weight is 342 g/mol. The summed E-state index contributed by atoms with van der Waals surface area (Å²) >= 11 is 6.91. The Kier molecular flexibility index (Phi) is 5.60. The molecule has 0 radical (unpaired) electrons. The van der Waals surface area contributed by atoms with Gasteiger partial charge in [0.15, 0.2) is 5.78 Å². The molecule has 2 aromatic carbocycles. The van der Waals surface area contributed by atoms with Gasteiger partial charge in [-0.2, -0.15) is 11.8 Å². The highest BCUT2D eigenvalue weighted by atomic mass is 32.2.